The maximum atomic E-state index is 10.2. The highest BCUT2D eigenvalue weighted by molar-refractivity contribution is 5.68. The van der Waals surface area contributed by atoms with Gasteiger partial charge in [-0.15, -0.1) is 0 Å². The van der Waals surface area contributed by atoms with E-state index >= 15 is 0 Å². The smallest absolute Gasteiger partial charge is 0.317 e. The monoisotopic (exact) mass is 194 g/mol. The Bertz CT molecular complexity index is 313. The molecule has 0 bridgehead atoms. The molecule has 0 atom stereocenters. The van der Waals surface area contributed by atoms with E-state index in [0.717, 1.165) is 17.7 Å². The molecule has 0 amide bonds. The van der Waals surface area contributed by atoms with E-state index in [1.807, 2.05) is 24.3 Å². The second kappa shape index (κ2) is 5.24. The van der Waals surface area contributed by atoms with Gasteiger partial charge < -0.3 is 16.2 Å². The van der Waals surface area contributed by atoms with Crippen LogP contribution in [0.2, 0.25) is 0 Å². The third-order valence-electron chi connectivity index (χ3n) is 1.82. The molecule has 14 heavy (non-hydrogen) atoms. The summed E-state index contributed by atoms with van der Waals surface area (Å²) in [6.07, 6.45) is 0.790. The van der Waals surface area contributed by atoms with Crippen molar-refractivity contribution in [3.63, 3.8) is 0 Å². The SMILES string of the molecule is Nc1cccc(CCNCC(=O)O)c1. The van der Waals surface area contributed by atoms with Gasteiger partial charge in [-0.3, -0.25) is 4.79 Å². The van der Waals surface area contributed by atoms with Crippen molar-refractivity contribution in [1.82, 2.24) is 5.32 Å². The van der Waals surface area contributed by atoms with Gasteiger partial charge in [0.15, 0.2) is 0 Å². The van der Waals surface area contributed by atoms with Crippen LogP contribution in [0.3, 0.4) is 0 Å². The Balaban J connectivity index is 2.28. The fraction of sp³-hybridized carbons (Fsp3) is 0.300. The van der Waals surface area contributed by atoms with Crippen LogP contribution in [0.4, 0.5) is 5.69 Å². The van der Waals surface area contributed by atoms with E-state index in [0.29, 0.717) is 6.54 Å². The summed E-state index contributed by atoms with van der Waals surface area (Å²) in [7, 11) is 0. The first-order chi connectivity index (χ1) is 6.68. The number of nitrogen functional groups attached to an aromatic ring is 1. The second-order valence-corrected chi connectivity index (χ2v) is 3.07. The standard InChI is InChI=1S/C10H14N2O2/c11-9-3-1-2-8(6-9)4-5-12-7-10(13)14/h1-3,6,12H,4-5,7,11H2,(H,13,14). The van der Waals surface area contributed by atoms with Gasteiger partial charge in [0.05, 0.1) is 6.54 Å². The molecule has 0 aliphatic carbocycles. The molecule has 0 aliphatic heterocycles. The molecule has 0 unspecified atom stereocenters. The van der Waals surface area contributed by atoms with Gasteiger partial charge in [-0.25, -0.2) is 0 Å². The molecular weight excluding hydrogens is 180 g/mol. The highest BCUT2D eigenvalue weighted by Gasteiger charge is 1.96. The molecule has 1 aromatic rings. The first kappa shape index (κ1) is 10.5. The first-order valence-electron chi connectivity index (χ1n) is 4.45. The number of benzene rings is 1. The van der Waals surface area contributed by atoms with E-state index in [2.05, 4.69) is 5.32 Å². The van der Waals surface area contributed by atoms with Crippen molar-refractivity contribution >= 4 is 11.7 Å². The average molecular weight is 194 g/mol. The van der Waals surface area contributed by atoms with Gasteiger partial charge in [-0.2, -0.15) is 0 Å². The van der Waals surface area contributed by atoms with Crippen LogP contribution in [0.1, 0.15) is 5.56 Å². The number of carboxylic acids is 1. The number of carboxylic acid groups (broad SMARTS) is 1. The average Bonchev–Trinajstić information content (AvgIpc) is 2.12. The Labute approximate surface area is 82.7 Å². The number of anilines is 1. The van der Waals surface area contributed by atoms with Gasteiger partial charge in [0.25, 0.3) is 0 Å². The van der Waals surface area contributed by atoms with Gasteiger partial charge in [0.2, 0.25) is 0 Å². The van der Waals surface area contributed by atoms with Crippen molar-refractivity contribution in [1.29, 1.82) is 0 Å². The summed E-state index contributed by atoms with van der Waals surface area (Å²) in [4.78, 5) is 10.2. The zero-order valence-electron chi connectivity index (χ0n) is 7.86. The van der Waals surface area contributed by atoms with Crippen LogP contribution in [-0.2, 0) is 11.2 Å². The Morgan fingerprint density at radius 3 is 2.93 bits per heavy atom. The van der Waals surface area contributed by atoms with E-state index in [-0.39, 0.29) is 6.54 Å². The number of carbonyl (C=O) groups is 1. The third kappa shape index (κ3) is 3.91. The molecule has 0 heterocycles. The molecule has 4 nitrogen and oxygen atoms in total. The van der Waals surface area contributed by atoms with Crippen LogP contribution >= 0.6 is 0 Å². The summed E-state index contributed by atoms with van der Waals surface area (Å²) in [6, 6.07) is 7.58. The van der Waals surface area contributed by atoms with E-state index in [4.69, 9.17) is 10.8 Å². The maximum Gasteiger partial charge on any atom is 0.317 e. The Kier molecular flexibility index (Phi) is 3.94. The Hall–Kier alpha value is -1.55. The zero-order chi connectivity index (χ0) is 10.4. The van der Waals surface area contributed by atoms with Crippen molar-refractivity contribution in [3.05, 3.63) is 29.8 Å². The Morgan fingerprint density at radius 2 is 2.29 bits per heavy atom. The number of nitrogens with two attached hydrogens (primary N) is 1. The third-order valence-corrected chi connectivity index (χ3v) is 1.82. The lowest BCUT2D eigenvalue weighted by Crippen LogP contribution is -2.24. The molecule has 0 spiro atoms. The van der Waals surface area contributed by atoms with Crippen molar-refractivity contribution < 1.29 is 9.90 Å². The molecule has 0 fully saturated rings. The largest absolute Gasteiger partial charge is 0.480 e. The van der Waals surface area contributed by atoms with Crippen molar-refractivity contribution in [2.24, 2.45) is 0 Å². The fourth-order valence-electron chi connectivity index (χ4n) is 1.18. The highest BCUT2D eigenvalue weighted by Crippen LogP contribution is 2.06. The summed E-state index contributed by atoms with van der Waals surface area (Å²) in [6.45, 7) is 0.651. The minimum atomic E-state index is -0.836. The van der Waals surface area contributed by atoms with Gasteiger partial charge >= 0.3 is 5.97 Å². The molecule has 0 radical (unpaired) electrons. The quantitative estimate of drug-likeness (QED) is 0.471. The molecule has 0 aromatic heterocycles. The predicted molar refractivity (Wildman–Crippen MR) is 55.1 cm³/mol. The Morgan fingerprint density at radius 1 is 1.50 bits per heavy atom. The van der Waals surface area contributed by atoms with Crippen LogP contribution in [0.5, 0.6) is 0 Å². The van der Waals surface area contributed by atoms with Crippen molar-refractivity contribution in [2.45, 2.75) is 6.42 Å². The van der Waals surface area contributed by atoms with Gasteiger partial charge in [-0.05, 0) is 30.7 Å². The molecule has 1 aromatic carbocycles. The number of rotatable bonds is 5. The molecule has 0 saturated heterocycles. The summed E-state index contributed by atoms with van der Waals surface area (Å²) in [5, 5.41) is 11.2. The summed E-state index contributed by atoms with van der Waals surface area (Å²) in [5.74, 6) is -0.836. The fourth-order valence-corrected chi connectivity index (χ4v) is 1.18. The summed E-state index contributed by atoms with van der Waals surface area (Å²) in [5.41, 5.74) is 7.45. The minimum Gasteiger partial charge on any atom is -0.480 e. The molecule has 0 saturated carbocycles. The lowest BCUT2D eigenvalue weighted by atomic mass is 10.1. The molecule has 1 rings (SSSR count). The number of hydrogen-bond acceptors (Lipinski definition) is 3. The number of aliphatic carboxylic acids is 1. The summed E-state index contributed by atoms with van der Waals surface area (Å²) < 4.78 is 0. The van der Waals surface area contributed by atoms with E-state index in [9.17, 15) is 4.79 Å². The van der Waals surface area contributed by atoms with Crippen molar-refractivity contribution in [3.8, 4) is 0 Å². The second-order valence-electron chi connectivity index (χ2n) is 3.07. The predicted octanol–water partition coefficient (Wildman–Crippen LogP) is 0.485. The van der Waals surface area contributed by atoms with Crippen LogP contribution in [-0.4, -0.2) is 24.2 Å². The van der Waals surface area contributed by atoms with E-state index in [1.54, 1.807) is 0 Å². The van der Waals surface area contributed by atoms with Crippen LogP contribution in [0.25, 0.3) is 0 Å². The highest BCUT2D eigenvalue weighted by atomic mass is 16.4. The first-order valence-corrected chi connectivity index (χ1v) is 4.45. The van der Waals surface area contributed by atoms with Gasteiger partial charge in [0.1, 0.15) is 0 Å². The van der Waals surface area contributed by atoms with Crippen LogP contribution in [0, 0.1) is 0 Å². The molecule has 76 valence electrons. The van der Waals surface area contributed by atoms with Gasteiger partial charge in [-0.1, -0.05) is 12.1 Å². The molecule has 4 N–H and O–H groups in total. The maximum absolute atomic E-state index is 10.2. The van der Waals surface area contributed by atoms with E-state index < -0.39 is 5.97 Å². The van der Waals surface area contributed by atoms with Crippen LogP contribution in [0.15, 0.2) is 24.3 Å². The van der Waals surface area contributed by atoms with Crippen molar-refractivity contribution in [2.75, 3.05) is 18.8 Å². The molecule has 0 aliphatic rings. The van der Waals surface area contributed by atoms with Gasteiger partial charge in [0, 0.05) is 5.69 Å². The number of hydrogen-bond donors (Lipinski definition) is 3. The zero-order valence-corrected chi connectivity index (χ0v) is 7.86. The lowest BCUT2D eigenvalue weighted by Gasteiger charge is -2.02. The minimum absolute atomic E-state index is 0.00230. The lowest BCUT2D eigenvalue weighted by molar-refractivity contribution is -0.135. The topological polar surface area (TPSA) is 75.3 Å². The normalized spacial score (nSPS) is 10.0. The number of nitrogens with one attached hydrogen (secondary N) is 1. The molecular formula is C10H14N2O2. The van der Waals surface area contributed by atoms with E-state index in [1.165, 1.54) is 0 Å². The molecule has 4 heteroatoms. The van der Waals surface area contributed by atoms with Crippen LogP contribution < -0.4 is 11.1 Å². The summed E-state index contributed by atoms with van der Waals surface area (Å²) >= 11 is 0.